The van der Waals surface area contributed by atoms with Crippen LogP contribution in [-0.2, 0) is 6.42 Å². The van der Waals surface area contributed by atoms with Crippen LogP contribution in [0.3, 0.4) is 0 Å². The fraction of sp³-hybridized carbons (Fsp3) is 0.0500. The minimum Gasteiger partial charge on any atom is -0.323 e. The third-order valence-corrected chi connectivity index (χ3v) is 4.08. The molecule has 0 unspecified atom stereocenters. The highest BCUT2D eigenvalue weighted by atomic mass is 15.3. The first kappa shape index (κ1) is 14.9. The Labute approximate surface area is 145 Å². The molecule has 4 rings (SSSR count). The van der Waals surface area contributed by atoms with E-state index in [-0.39, 0.29) is 0 Å². The molecule has 5 heteroatoms. The molecule has 25 heavy (non-hydrogen) atoms. The van der Waals surface area contributed by atoms with E-state index in [4.69, 9.17) is 5.26 Å². The van der Waals surface area contributed by atoms with E-state index in [0.29, 0.717) is 11.4 Å². The summed E-state index contributed by atoms with van der Waals surface area (Å²) in [6.45, 7) is 0. The first-order chi connectivity index (χ1) is 12.3. The fourth-order valence-corrected chi connectivity index (χ4v) is 2.87. The van der Waals surface area contributed by atoms with Crippen molar-refractivity contribution in [1.82, 2.24) is 20.0 Å². The summed E-state index contributed by atoms with van der Waals surface area (Å²) in [5.74, 6) is 0. The molecular formula is C20H15N5. The van der Waals surface area contributed by atoms with Gasteiger partial charge in [-0.2, -0.15) is 15.6 Å². The number of nitrogens with one attached hydrogen (secondary N) is 1. The standard InChI is InChI=1S/C20H15N5/c21-13-19-20(23-24-22-19)17-9-10-25(14-17)18-8-4-7-16(12-18)11-15-5-2-1-3-6-15/h1-10,12,14H,11H2,(H,22,23,24). The Balaban J connectivity index is 1.63. The van der Waals surface area contributed by atoms with Crippen molar-refractivity contribution in [3.05, 3.63) is 89.9 Å². The lowest BCUT2D eigenvalue weighted by Crippen LogP contribution is -1.93. The lowest BCUT2D eigenvalue weighted by Gasteiger charge is -2.07. The number of benzene rings is 2. The lowest BCUT2D eigenvalue weighted by atomic mass is 10.0. The third-order valence-electron chi connectivity index (χ3n) is 4.08. The van der Waals surface area contributed by atoms with E-state index in [1.807, 2.05) is 35.2 Å². The molecule has 1 N–H and O–H groups in total. The Kier molecular flexibility index (Phi) is 3.85. The van der Waals surface area contributed by atoms with Crippen LogP contribution in [0.15, 0.2) is 73.1 Å². The molecule has 0 saturated heterocycles. The monoisotopic (exact) mass is 325 g/mol. The van der Waals surface area contributed by atoms with Crippen molar-refractivity contribution in [2.45, 2.75) is 6.42 Å². The topological polar surface area (TPSA) is 70.3 Å². The van der Waals surface area contributed by atoms with Crippen molar-refractivity contribution in [2.24, 2.45) is 0 Å². The van der Waals surface area contributed by atoms with Crippen LogP contribution in [0.25, 0.3) is 16.9 Å². The van der Waals surface area contributed by atoms with Crippen molar-refractivity contribution in [3.8, 4) is 23.0 Å². The summed E-state index contributed by atoms with van der Waals surface area (Å²) in [6, 6.07) is 22.8. The lowest BCUT2D eigenvalue weighted by molar-refractivity contribution is 0.937. The maximum atomic E-state index is 9.09. The van der Waals surface area contributed by atoms with E-state index in [1.165, 1.54) is 11.1 Å². The van der Waals surface area contributed by atoms with Crippen molar-refractivity contribution in [1.29, 1.82) is 5.26 Å². The summed E-state index contributed by atoms with van der Waals surface area (Å²) >= 11 is 0. The van der Waals surface area contributed by atoms with Crippen LogP contribution in [0.5, 0.6) is 0 Å². The second-order valence-electron chi connectivity index (χ2n) is 5.77. The quantitative estimate of drug-likeness (QED) is 0.621. The van der Waals surface area contributed by atoms with Gasteiger partial charge in [-0.1, -0.05) is 42.5 Å². The Hall–Kier alpha value is -3.65. The highest BCUT2D eigenvalue weighted by molar-refractivity contribution is 5.64. The number of aromatic nitrogens is 4. The summed E-state index contributed by atoms with van der Waals surface area (Å²) in [5, 5.41) is 19.5. The summed E-state index contributed by atoms with van der Waals surface area (Å²) < 4.78 is 2.03. The average molecular weight is 325 g/mol. The van der Waals surface area contributed by atoms with Gasteiger partial charge >= 0.3 is 0 Å². The molecule has 0 fully saturated rings. The van der Waals surface area contributed by atoms with Crippen molar-refractivity contribution in [3.63, 3.8) is 0 Å². The Morgan fingerprint density at radius 1 is 0.960 bits per heavy atom. The van der Waals surface area contributed by atoms with E-state index in [2.05, 4.69) is 63.9 Å². The van der Waals surface area contributed by atoms with Gasteiger partial charge in [0.2, 0.25) is 0 Å². The van der Waals surface area contributed by atoms with Crippen molar-refractivity contribution >= 4 is 0 Å². The summed E-state index contributed by atoms with van der Waals surface area (Å²) in [4.78, 5) is 0. The highest BCUT2D eigenvalue weighted by Gasteiger charge is 2.11. The Morgan fingerprint density at radius 3 is 2.64 bits per heavy atom. The van der Waals surface area contributed by atoms with Crippen LogP contribution >= 0.6 is 0 Å². The molecule has 0 aliphatic rings. The number of aromatic amines is 1. The highest BCUT2D eigenvalue weighted by Crippen LogP contribution is 2.22. The molecule has 0 aliphatic heterocycles. The molecule has 0 amide bonds. The van der Waals surface area contributed by atoms with Gasteiger partial charge < -0.3 is 4.57 Å². The SMILES string of the molecule is N#Cc1n[nH]nc1-c1ccn(-c2cccc(Cc3ccccc3)c2)c1. The molecule has 0 aliphatic carbocycles. The molecule has 0 bridgehead atoms. The van der Waals surface area contributed by atoms with E-state index in [1.54, 1.807) is 0 Å². The first-order valence-corrected chi connectivity index (χ1v) is 7.96. The largest absolute Gasteiger partial charge is 0.323 e. The van der Waals surface area contributed by atoms with Gasteiger partial charge in [0, 0.05) is 23.6 Å². The molecule has 120 valence electrons. The van der Waals surface area contributed by atoms with Gasteiger partial charge in [0.25, 0.3) is 0 Å². The number of hydrogen-bond acceptors (Lipinski definition) is 3. The van der Waals surface area contributed by atoms with Crippen LogP contribution in [-0.4, -0.2) is 20.0 Å². The number of nitrogens with zero attached hydrogens (tertiary/aromatic N) is 4. The van der Waals surface area contributed by atoms with Gasteiger partial charge in [0.15, 0.2) is 5.69 Å². The van der Waals surface area contributed by atoms with Gasteiger partial charge in [-0.3, -0.25) is 0 Å². The number of nitriles is 1. The molecule has 5 nitrogen and oxygen atoms in total. The second kappa shape index (κ2) is 6.46. The third kappa shape index (κ3) is 3.06. The van der Waals surface area contributed by atoms with Gasteiger partial charge in [-0.25, -0.2) is 0 Å². The Bertz CT molecular complexity index is 1040. The van der Waals surface area contributed by atoms with Crippen LogP contribution < -0.4 is 0 Å². The predicted molar refractivity (Wildman–Crippen MR) is 95.1 cm³/mol. The molecule has 2 aromatic heterocycles. The number of H-pyrrole nitrogens is 1. The van der Waals surface area contributed by atoms with E-state index < -0.39 is 0 Å². The zero-order valence-electron chi connectivity index (χ0n) is 13.4. The van der Waals surface area contributed by atoms with Crippen LogP contribution in [0.4, 0.5) is 0 Å². The molecule has 0 atom stereocenters. The van der Waals surface area contributed by atoms with Crippen molar-refractivity contribution in [2.75, 3.05) is 0 Å². The fourth-order valence-electron chi connectivity index (χ4n) is 2.87. The molecule has 0 radical (unpaired) electrons. The zero-order chi connectivity index (χ0) is 17.1. The van der Waals surface area contributed by atoms with Gasteiger partial charge in [-0.05, 0) is 35.7 Å². The maximum absolute atomic E-state index is 9.09. The zero-order valence-corrected chi connectivity index (χ0v) is 13.4. The molecule has 0 saturated carbocycles. The van der Waals surface area contributed by atoms with E-state index in [9.17, 15) is 0 Å². The van der Waals surface area contributed by atoms with Gasteiger partial charge in [0.1, 0.15) is 11.8 Å². The predicted octanol–water partition coefficient (Wildman–Crippen LogP) is 3.72. The minimum atomic E-state index is 0.301. The van der Waals surface area contributed by atoms with Crippen LogP contribution in [0, 0.1) is 11.3 Å². The second-order valence-corrected chi connectivity index (χ2v) is 5.77. The Morgan fingerprint density at radius 2 is 1.80 bits per heavy atom. The smallest absolute Gasteiger partial charge is 0.190 e. The number of hydrogen-bond donors (Lipinski definition) is 1. The molecule has 4 aromatic rings. The summed E-state index contributed by atoms with van der Waals surface area (Å²) in [6.07, 6.45) is 4.82. The molecular weight excluding hydrogens is 310 g/mol. The van der Waals surface area contributed by atoms with E-state index >= 15 is 0 Å². The van der Waals surface area contributed by atoms with E-state index in [0.717, 1.165) is 17.7 Å². The number of rotatable bonds is 4. The minimum absolute atomic E-state index is 0.301. The first-order valence-electron chi connectivity index (χ1n) is 7.96. The maximum Gasteiger partial charge on any atom is 0.190 e. The van der Waals surface area contributed by atoms with Gasteiger partial charge in [-0.15, -0.1) is 5.10 Å². The van der Waals surface area contributed by atoms with Crippen LogP contribution in [0.2, 0.25) is 0 Å². The molecule has 0 spiro atoms. The van der Waals surface area contributed by atoms with Gasteiger partial charge in [0.05, 0.1) is 0 Å². The molecule has 2 heterocycles. The average Bonchev–Trinajstić information content (AvgIpc) is 3.32. The van der Waals surface area contributed by atoms with Crippen LogP contribution in [0.1, 0.15) is 16.8 Å². The normalized spacial score (nSPS) is 10.5. The van der Waals surface area contributed by atoms with Crippen molar-refractivity contribution < 1.29 is 0 Å². The summed E-state index contributed by atoms with van der Waals surface area (Å²) in [7, 11) is 0. The molecule has 2 aromatic carbocycles. The summed E-state index contributed by atoms with van der Waals surface area (Å²) in [5.41, 5.74) is 5.34.